The van der Waals surface area contributed by atoms with Gasteiger partial charge < -0.3 is 0 Å². The van der Waals surface area contributed by atoms with E-state index in [4.69, 9.17) is 0 Å². The van der Waals surface area contributed by atoms with Gasteiger partial charge >= 0.3 is 0 Å². The number of thioether (sulfide) groups is 1. The standard InChI is InChI=1S/C9H6I2S2/c1-12-9-6(10)3-2-5-7(11)4-13-8(5)9/h2-4H,1H3. The van der Waals surface area contributed by atoms with Crippen LogP contribution < -0.4 is 0 Å². The average Bonchev–Trinajstić information content (AvgIpc) is 2.48. The molecular weight excluding hydrogens is 426 g/mol. The smallest absolute Gasteiger partial charge is 0.0500 e. The maximum absolute atomic E-state index is 2.40. The molecule has 13 heavy (non-hydrogen) atoms. The number of thiophene rings is 1. The molecule has 0 N–H and O–H groups in total. The van der Waals surface area contributed by atoms with Crippen molar-refractivity contribution in [3.05, 3.63) is 24.7 Å². The largest absolute Gasteiger partial charge is 0.141 e. The van der Waals surface area contributed by atoms with E-state index >= 15 is 0 Å². The zero-order chi connectivity index (χ0) is 9.42. The van der Waals surface area contributed by atoms with Crippen molar-refractivity contribution in [3.63, 3.8) is 0 Å². The molecule has 1 heterocycles. The highest BCUT2D eigenvalue weighted by molar-refractivity contribution is 14.1. The SMILES string of the molecule is CSc1c(I)ccc2c(I)csc12. The molecule has 0 aliphatic rings. The molecule has 1 aromatic heterocycles. The molecule has 0 unspecified atom stereocenters. The summed E-state index contributed by atoms with van der Waals surface area (Å²) in [5.74, 6) is 0. The summed E-state index contributed by atoms with van der Waals surface area (Å²) in [6.07, 6.45) is 2.14. The van der Waals surface area contributed by atoms with Crippen LogP contribution in [0.3, 0.4) is 0 Å². The first-order chi connectivity index (χ1) is 6.24. The summed E-state index contributed by atoms with van der Waals surface area (Å²) in [5.41, 5.74) is 0. The van der Waals surface area contributed by atoms with Gasteiger partial charge in [0.2, 0.25) is 0 Å². The summed E-state index contributed by atoms with van der Waals surface area (Å²) in [6, 6.07) is 4.42. The zero-order valence-electron chi connectivity index (χ0n) is 6.80. The second kappa shape index (κ2) is 4.24. The number of halogens is 2. The van der Waals surface area contributed by atoms with Crippen LogP contribution in [0.2, 0.25) is 0 Å². The Morgan fingerprint density at radius 1 is 1.23 bits per heavy atom. The molecule has 0 spiro atoms. The van der Waals surface area contributed by atoms with Crippen LogP contribution in [-0.4, -0.2) is 6.26 Å². The van der Waals surface area contributed by atoms with Crippen molar-refractivity contribution in [1.82, 2.24) is 0 Å². The quantitative estimate of drug-likeness (QED) is 0.460. The van der Waals surface area contributed by atoms with Crippen LogP contribution >= 0.6 is 68.3 Å². The lowest BCUT2D eigenvalue weighted by Gasteiger charge is -2.01. The lowest BCUT2D eigenvalue weighted by Crippen LogP contribution is -1.78. The van der Waals surface area contributed by atoms with E-state index in [1.165, 1.54) is 22.1 Å². The summed E-state index contributed by atoms with van der Waals surface area (Å²) in [5, 5.41) is 3.62. The van der Waals surface area contributed by atoms with Gasteiger partial charge in [0.25, 0.3) is 0 Å². The van der Waals surface area contributed by atoms with E-state index in [1.807, 2.05) is 23.1 Å². The van der Waals surface area contributed by atoms with Crippen LogP contribution in [0.5, 0.6) is 0 Å². The summed E-state index contributed by atoms with van der Waals surface area (Å²) in [4.78, 5) is 1.42. The Morgan fingerprint density at radius 3 is 2.69 bits per heavy atom. The van der Waals surface area contributed by atoms with Crippen LogP contribution in [0, 0.1) is 7.14 Å². The molecule has 0 fully saturated rings. The van der Waals surface area contributed by atoms with Crippen molar-refractivity contribution in [3.8, 4) is 0 Å². The van der Waals surface area contributed by atoms with Crippen LogP contribution in [0.1, 0.15) is 0 Å². The molecule has 2 rings (SSSR count). The molecule has 68 valence electrons. The summed E-state index contributed by atoms with van der Waals surface area (Å²) in [7, 11) is 0. The predicted molar refractivity (Wildman–Crippen MR) is 79.0 cm³/mol. The van der Waals surface area contributed by atoms with E-state index in [-0.39, 0.29) is 0 Å². The van der Waals surface area contributed by atoms with Gasteiger partial charge in [-0.2, -0.15) is 0 Å². The van der Waals surface area contributed by atoms with Crippen molar-refractivity contribution < 1.29 is 0 Å². The lowest BCUT2D eigenvalue weighted by molar-refractivity contribution is 1.51. The fraction of sp³-hybridized carbons (Fsp3) is 0.111. The normalized spacial score (nSPS) is 11.0. The molecular formula is C9H6I2S2. The summed E-state index contributed by atoms with van der Waals surface area (Å²) in [6.45, 7) is 0. The third kappa shape index (κ3) is 1.87. The Balaban J connectivity index is 2.85. The van der Waals surface area contributed by atoms with Gasteiger partial charge in [0.15, 0.2) is 0 Å². The molecule has 0 radical (unpaired) electrons. The van der Waals surface area contributed by atoms with Gasteiger partial charge in [0.05, 0.1) is 0 Å². The topological polar surface area (TPSA) is 0 Å². The highest BCUT2D eigenvalue weighted by atomic mass is 127. The molecule has 2 aromatic rings. The van der Waals surface area contributed by atoms with Gasteiger partial charge in [0.1, 0.15) is 0 Å². The summed E-state index contributed by atoms with van der Waals surface area (Å²) >= 11 is 8.48. The molecule has 0 saturated carbocycles. The third-order valence-electron chi connectivity index (χ3n) is 1.81. The van der Waals surface area contributed by atoms with Crippen LogP contribution in [0.4, 0.5) is 0 Å². The minimum absolute atomic E-state index is 1.36. The van der Waals surface area contributed by atoms with E-state index in [2.05, 4.69) is 69.0 Å². The maximum Gasteiger partial charge on any atom is 0.0500 e. The number of hydrogen-bond acceptors (Lipinski definition) is 2. The van der Waals surface area contributed by atoms with Crippen molar-refractivity contribution in [1.29, 1.82) is 0 Å². The molecule has 0 bridgehead atoms. The number of rotatable bonds is 1. The minimum atomic E-state index is 1.36. The molecule has 0 saturated heterocycles. The monoisotopic (exact) mass is 432 g/mol. The fourth-order valence-corrected chi connectivity index (χ4v) is 5.34. The molecule has 0 atom stereocenters. The maximum atomic E-state index is 2.40. The number of fused-ring (bicyclic) bond motifs is 1. The van der Waals surface area contributed by atoms with Gasteiger partial charge in [-0.15, -0.1) is 23.1 Å². The average molecular weight is 432 g/mol. The van der Waals surface area contributed by atoms with E-state index in [9.17, 15) is 0 Å². The number of benzene rings is 1. The second-order valence-corrected chi connectivity index (χ2v) is 6.56. The van der Waals surface area contributed by atoms with Crippen molar-refractivity contribution >= 4 is 78.4 Å². The predicted octanol–water partition coefficient (Wildman–Crippen LogP) is 4.83. The summed E-state index contributed by atoms with van der Waals surface area (Å²) < 4.78 is 4.16. The van der Waals surface area contributed by atoms with Gasteiger partial charge in [0, 0.05) is 27.5 Å². The molecule has 0 amide bonds. The first kappa shape index (κ1) is 10.5. The molecule has 0 aliphatic carbocycles. The Kier molecular flexibility index (Phi) is 3.43. The van der Waals surface area contributed by atoms with Crippen molar-refractivity contribution in [2.75, 3.05) is 6.26 Å². The minimum Gasteiger partial charge on any atom is -0.141 e. The lowest BCUT2D eigenvalue weighted by atomic mass is 10.3. The van der Waals surface area contributed by atoms with Gasteiger partial charge in [-0.25, -0.2) is 0 Å². The van der Waals surface area contributed by atoms with E-state index in [0.29, 0.717) is 0 Å². The van der Waals surface area contributed by atoms with Crippen molar-refractivity contribution in [2.45, 2.75) is 4.90 Å². The van der Waals surface area contributed by atoms with Gasteiger partial charge in [-0.3, -0.25) is 0 Å². The Bertz CT molecular complexity index is 448. The number of hydrogen-bond donors (Lipinski definition) is 0. The van der Waals surface area contributed by atoms with E-state index < -0.39 is 0 Å². The second-order valence-electron chi connectivity index (χ2n) is 2.54. The van der Waals surface area contributed by atoms with Crippen LogP contribution in [-0.2, 0) is 0 Å². The van der Waals surface area contributed by atoms with Crippen LogP contribution in [0.25, 0.3) is 10.1 Å². The first-order valence-electron chi connectivity index (χ1n) is 3.63. The molecule has 1 aromatic carbocycles. The van der Waals surface area contributed by atoms with Gasteiger partial charge in [-0.1, -0.05) is 6.07 Å². The Morgan fingerprint density at radius 2 is 2.00 bits per heavy atom. The molecule has 0 nitrogen and oxygen atoms in total. The molecule has 4 heteroatoms. The molecule has 0 aliphatic heterocycles. The van der Waals surface area contributed by atoms with E-state index in [0.717, 1.165) is 0 Å². The fourth-order valence-electron chi connectivity index (χ4n) is 1.21. The zero-order valence-corrected chi connectivity index (χ0v) is 12.8. The van der Waals surface area contributed by atoms with Crippen LogP contribution in [0.15, 0.2) is 22.4 Å². The third-order valence-corrected chi connectivity index (χ3v) is 6.36. The highest BCUT2D eigenvalue weighted by Gasteiger charge is 2.08. The van der Waals surface area contributed by atoms with Crippen molar-refractivity contribution in [2.24, 2.45) is 0 Å². The van der Waals surface area contributed by atoms with Gasteiger partial charge in [-0.05, 0) is 57.5 Å². The van der Waals surface area contributed by atoms with E-state index in [1.54, 1.807) is 0 Å². The first-order valence-corrected chi connectivity index (χ1v) is 7.89. The highest BCUT2D eigenvalue weighted by Crippen LogP contribution is 2.37. The Hall–Kier alpha value is 0.990. The Labute approximate surface area is 113 Å².